The van der Waals surface area contributed by atoms with Crippen molar-refractivity contribution >= 4 is 16.0 Å². The highest BCUT2D eigenvalue weighted by Crippen LogP contribution is 2.34. The van der Waals surface area contributed by atoms with E-state index in [4.69, 9.17) is 5.11 Å². The highest BCUT2D eigenvalue weighted by molar-refractivity contribution is 7.89. The maximum absolute atomic E-state index is 13.2. The largest absolute Gasteiger partial charge is 0.480 e. The molecule has 1 aliphatic heterocycles. The van der Waals surface area contributed by atoms with E-state index in [0.717, 1.165) is 0 Å². The van der Waals surface area contributed by atoms with Crippen LogP contribution >= 0.6 is 0 Å². The molecule has 0 amide bonds. The molecule has 1 saturated heterocycles. The van der Waals surface area contributed by atoms with E-state index in [2.05, 4.69) is 0 Å². The molecule has 0 saturated carbocycles. The summed E-state index contributed by atoms with van der Waals surface area (Å²) in [6.45, 7) is -0.113. The van der Waals surface area contributed by atoms with Crippen LogP contribution < -0.4 is 0 Å². The average molecular weight is 341 g/mol. The summed E-state index contributed by atoms with van der Waals surface area (Å²) in [6, 6.07) is -0.0509. The van der Waals surface area contributed by atoms with E-state index < -0.39 is 44.5 Å². The number of alkyl halides is 3. The minimum atomic E-state index is -5.05. The van der Waals surface area contributed by atoms with Gasteiger partial charge in [-0.15, -0.1) is 0 Å². The van der Waals surface area contributed by atoms with Crippen molar-refractivity contribution in [1.29, 1.82) is 0 Å². The second-order valence-electron chi connectivity index (χ2n) is 4.75. The van der Waals surface area contributed by atoms with Gasteiger partial charge in [-0.05, 0) is 31.0 Å². The second kappa shape index (κ2) is 5.51. The van der Waals surface area contributed by atoms with Crippen molar-refractivity contribution in [3.63, 3.8) is 0 Å². The van der Waals surface area contributed by atoms with Crippen LogP contribution in [0.2, 0.25) is 0 Å². The third-order valence-corrected chi connectivity index (χ3v) is 5.24. The van der Waals surface area contributed by atoms with E-state index in [1.165, 1.54) is 0 Å². The van der Waals surface area contributed by atoms with Crippen molar-refractivity contribution in [3.8, 4) is 0 Å². The van der Waals surface area contributed by atoms with Crippen molar-refractivity contribution in [2.24, 2.45) is 0 Å². The minimum absolute atomic E-state index is 0.0713. The molecule has 22 heavy (non-hydrogen) atoms. The van der Waals surface area contributed by atoms with Gasteiger partial charge in [-0.3, -0.25) is 4.79 Å². The van der Waals surface area contributed by atoms with Crippen LogP contribution in [0.25, 0.3) is 0 Å². The van der Waals surface area contributed by atoms with Crippen LogP contribution in [0.4, 0.5) is 17.6 Å². The number of hydrogen-bond donors (Lipinski definition) is 1. The topological polar surface area (TPSA) is 74.7 Å². The first-order valence-corrected chi connectivity index (χ1v) is 7.60. The van der Waals surface area contributed by atoms with Gasteiger partial charge in [0.1, 0.15) is 11.9 Å². The summed E-state index contributed by atoms with van der Waals surface area (Å²) in [5.41, 5.74) is -1.71. The number of sulfonamides is 1. The van der Waals surface area contributed by atoms with E-state index in [9.17, 15) is 30.8 Å². The number of rotatable bonds is 3. The first kappa shape index (κ1) is 16.7. The van der Waals surface area contributed by atoms with Crippen LogP contribution in [-0.4, -0.2) is 36.4 Å². The highest BCUT2D eigenvalue weighted by atomic mass is 32.2. The van der Waals surface area contributed by atoms with Gasteiger partial charge >= 0.3 is 12.1 Å². The number of halogens is 4. The van der Waals surface area contributed by atoms with Gasteiger partial charge in [0, 0.05) is 6.54 Å². The molecular weight excluding hydrogens is 330 g/mol. The molecule has 0 spiro atoms. The zero-order chi connectivity index (χ0) is 16.7. The van der Waals surface area contributed by atoms with Gasteiger partial charge in [-0.25, -0.2) is 12.8 Å². The molecule has 1 heterocycles. The molecule has 0 radical (unpaired) electrons. The normalized spacial score (nSPS) is 20.3. The van der Waals surface area contributed by atoms with Gasteiger partial charge in [0.15, 0.2) is 0 Å². The van der Waals surface area contributed by atoms with E-state index in [0.29, 0.717) is 16.4 Å². The summed E-state index contributed by atoms with van der Waals surface area (Å²) in [5.74, 6) is -2.97. The van der Waals surface area contributed by atoms with Gasteiger partial charge in [0.05, 0.1) is 10.5 Å². The maximum Gasteiger partial charge on any atom is 0.419 e. The number of carboxylic acids is 1. The Bertz CT molecular complexity index is 702. The molecule has 0 bridgehead atoms. The number of nitrogens with zero attached hydrogens (tertiary/aromatic N) is 1. The van der Waals surface area contributed by atoms with E-state index in [-0.39, 0.29) is 25.5 Å². The summed E-state index contributed by atoms with van der Waals surface area (Å²) in [6.07, 6.45) is -4.70. The van der Waals surface area contributed by atoms with Crippen LogP contribution in [0.5, 0.6) is 0 Å². The van der Waals surface area contributed by atoms with E-state index in [1.54, 1.807) is 0 Å². The molecule has 1 fully saturated rings. The Morgan fingerprint density at radius 3 is 2.50 bits per heavy atom. The lowest BCUT2D eigenvalue weighted by Gasteiger charge is -2.21. The van der Waals surface area contributed by atoms with Crippen molar-refractivity contribution in [2.75, 3.05) is 6.54 Å². The van der Waals surface area contributed by atoms with Crippen molar-refractivity contribution in [3.05, 3.63) is 29.6 Å². The monoisotopic (exact) mass is 341 g/mol. The predicted molar refractivity (Wildman–Crippen MR) is 66.0 cm³/mol. The fourth-order valence-electron chi connectivity index (χ4n) is 2.29. The van der Waals surface area contributed by atoms with Crippen LogP contribution in [0.15, 0.2) is 23.1 Å². The summed E-state index contributed by atoms with van der Waals surface area (Å²) < 4.78 is 76.4. The van der Waals surface area contributed by atoms with Crippen molar-refractivity contribution < 1.29 is 35.9 Å². The molecule has 1 aromatic carbocycles. The Morgan fingerprint density at radius 2 is 1.95 bits per heavy atom. The van der Waals surface area contributed by atoms with Gasteiger partial charge in [-0.1, -0.05) is 0 Å². The lowest BCUT2D eigenvalue weighted by atomic mass is 10.2. The van der Waals surface area contributed by atoms with Crippen LogP contribution in [-0.2, 0) is 21.0 Å². The quantitative estimate of drug-likeness (QED) is 0.854. The highest BCUT2D eigenvalue weighted by Gasteiger charge is 2.41. The van der Waals surface area contributed by atoms with Gasteiger partial charge < -0.3 is 5.11 Å². The van der Waals surface area contributed by atoms with Gasteiger partial charge in [0.2, 0.25) is 10.0 Å². The molecule has 0 aliphatic carbocycles. The number of aliphatic carboxylic acids is 1. The van der Waals surface area contributed by atoms with Crippen molar-refractivity contribution in [1.82, 2.24) is 4.31 Å². The van der Waals surface area contributed by atoms with Crippen LogP contribution in [0.3, 0.4) is 0 Å². The molecule has 0 unspecified atom stereocenters. The van der Waals surface area contributed by atoms with Crippen LogP contribution in [0, 0.1) is 5.82 Å². The van der Waals surface area contributed by atoms with Gasteiger partial charge in [0.25, 0.3) is 0 Å². The first-order chi connectivity index (χ1) is 10.0. The zero-order valence-corrected chi connectivity index (χ0v) is 11.8. The lowest BCUT2D eigenvalue weighted by Crippen LogP contribution is -2.40. The molecule has 1 N–H and O–H groups in total. The van der Waals surface area contributed by atoms with Gasteiger partial charge in [-0.2, -0.15) is 17.5 Å². The van der Waals surface area contributed by atoms with E-state index >= 15 is 0 Å². The average Bonchev–Trinajstić information content (AvgIpc) is 2.87. The Labute approximate surface area is 123 Å². The maximum atomic E-state index is 13.2. The first-order valence-electron chi connectivity index (χ1n) is 6.16. The Balaban J connectivity index is 2.49. The number of hydrogen-bond acceptors (Lipinski definition) is 3. The number of carboxylic acid groups (broad SMARTS) is 1. The summed E-state index contributed by atoms with van der Waals surface area (Å²) in [7, 11) is -4.45. The minimum Gasteiger partial charge on any atom is -0.480 e. The lowest BCUT2D eigenvalue weighted by molar-refractivity contribution is -0.141. The van der Waals surface area contributed by atoms with Crippen LogP contribution in [0.1, 0.15) is 18.4 Å². The smallest absolute Gasteiger partial charge is 0.419 e. The Kier molecular flexibility index (Phi) is 4.18. The fourth-order valence-corrected chi connectivity index (χ4v) is 3.97. The summed E-state index contributed by atoms with van der Waals surface area (Å²) >= 11 is 0. The molecular formula is C12H11F4NO4S. The second-order valence-corrected chi connectivity index (χ2v) is 6.64. The summed E-state index contributed by atoms with van der Waals surface area (Å²) in [4.78, 5) is 10.2. The molecule has 2 rings (SSSR count). The SMILES string of the molecule is O=C(O)[C@@H]1CCCN1S(=O)(=O)c1ccc(F)c(C(F)(F)F)c1. The number of benzene rings is 1. The molecule has 10 heteroatoms. The summed E-state index contributed by atoms with van der Waals surface area (Å²) in [5, 5.41) is 8.98. The Hall–Kier alpha value is -1.68. The molecule has 1 aromatic rings. The predicted octanol–water partition coefficient (Wildman–Crippen LogP) is 2.08. The standard InChI is InChI=1S/C12H11F4NO4S/c13-9-4-3-7(6-8(9)12(14,15)16)22(20,21)17-5-1-2-10(17)11(18)19/h3-4,6,10H,1-2,5H2,(H,18,19)/t10-/m0/s1. The third kappa shape index (κ3) is 2.93. The Morgan fingerprint density at radius 1 is 1.32 bits per heavy atom. The number of carbonyl (C=O) groups is 1. The third-order valence-electron chi connectivity index (χ3n) is 3.34. The fraction of sp³-hybridized carbons (Fsp3) is 0.417. The molecule has 1 aliphatic rings. The molecule has 5 nitrogen and oxygen atoms in total. The molecule has 122 valence electrons. The zero-order valence-electron chi connectivity index (χ0n) is 11.0. The molecule has 0 aromatic heterocycles. The van der Waals surface area contributed by atoms with E-state index in [1.807, 2.05) is 0 Å². The van der Waals surface area contributed by atoms with Crippen molar-refractivity contribution in [2.45, 2.75) is 30.0 Å². The molecule has 1 atom stereocenters.